The van der Waals surface area contributed by atoms with E-state index in [1.165, 1.54) is 16.7 Å². The summed E-state index contributed by atoms with van der Waals surface area (Å²) in [6.07, 6.45) is 0.257. The van der Waals surface area contributed by atoms with E-state index in [1.54, 1.807) is 10.6 Å². The molecule has 1 amide bonds. The van der Waals surface area contributed by atoms with Crippen molar-refractivity contribution in [1.82, 2.24) is 9.47 Å². The van der Waals surface area contributed by atoms with Gasteiger partial charge >= 0.3 is 5.76 Å². The molecule has 0 unspecified atom stereocenters. The van der Waals surface area contributed by atoms with Crippen LogP contribution in [-0.2, 0) is 17.9 Å². The van der Waals surface area contributed by atoms with Gasteiger partial charge in [-0.25, -0.2) is 4.79 Å². The third-order valence-corrected chi connectivity index (χ3v) is 5.87. The van der Waals surface area contributed by atoms with Crippen LogP contribution in [0.15, 0.2) is 88.1 Å². The maximum atomic E-state index is 13.1. The maximum absolute atomic E-state index is 13.1. The van der Waals surface area contributed by atoms with E-state index in [4.69, 9.17) is 4.42 Å². The molecule has 5 rings (SSSR count). The average molecular weight is 398 g/mol. The summed E-state index contributed by atoms with van der Waals surface area (Å²) in [5.74, 6) is -0.227. The van der Waals surface area contributed by atoms with Crippen molar-refractivity contribution < 1.29 is 9.21 Å². The van der Waals surface area contributed by atoms with Crippen LogP contribution in [0, 0.1) is 0 Å². The molecular formula is C25H22N2O3. The van der Waals surface area contributed by atoms with Crippen LogP contribution in [0.25, 0.3) is 11.1 Å². The van der Waals surface area contributed by atoms with Crippen LogP contribution in [0.4, 0.5) is 0 Å². The highest BCUT2D eigenvalue weighted by Gasteiger charge is 2.28. The van der Waals surface area contributed by atoms with Gasteiger partial charge in [-0.05, 0) is 28.8 Å². The van der Waals surface area contributed by atoms with Crippen LogP contribution in [0.2, 0.25) is 0 Å². The highest BCUT2D eigenvalue weighted by molar-refractivity contribution is 5.77. The highest BCUT2D eigenvalue weighted by Crippen LogP contribution is 2.33. The van der Waals surface area contributed by atoms with E-state index in [0.717, 1.165) is 5.52 Å². The Kier molecular flexibility index (Phi) is 4.71. The quantitative estimate of drug-likeness (QED) is 0.519. The summed E-state index contributed by atoms with van der Waals surface area (Å²) in [6.45, 7) is 1.54. The molecule has 0 saturated carbocycles. The summed E-state index contributed by atoms with van der Waals surface area (Å²) in [6, 6.07) is 25.9. The number of benzene rings is 3. The number of hydrogen-bond donors (Lipinski definition) is 0. The van der Waals surface area contributed by atoms with Crippen molar-refractivity contribution in [1.29, 1.82) is 0 Å². The molecule has 2 heterocycles. The van der Waals surface area contributed by atoms with Crippen LogP contribution in [0.1, 0.15) is 29.0 Å². The molecule has 0 N–H and O–H groups in total. The normalized spacial score (nSPS) is 15.9. The summed E-state index contributed by atoms with van der Waals surface area (Å²) in [5, 5.41) is 0. The van der Waals surface area contributed by atoms with Gasteiger partial charge in [0.25, 0.3) is 0 Å². The molecule has 0 bridgehead atoms. The zero-order valence-electron chi connectivity index (χ0n) is 16.5. The molecule has 5 nitrogen and oxygen atoms in total. The Morgan fingerprint density at radius 1 is 0.933 bits per heavy atom. The van der Waals surface area contributed by atoms with Gasteiger partial charge in [0.05, 0.1) is 5.52 Å². The minimum absolute atomic E-state index is 0.0441. The van der Waals surface area contributed by atoms with Crippen molar-refractivity contribution in [2.45, 2.75) is 25.4 Å². The molecule has 0 spiro atoms. The van der Waals surface area contributed by atoms with Crippen LogP contribution in [0.3, 0.4) is 0 Å². The molecule has 1 aliphatic rings. The molecule has 0 radical (unpaired) electrons. The Hall–Kier alpha value is -3.60. The number of aryl methyl sites for hydroxylation is 1. The fourth-order valence-corrected chi connectivity index (χ4v) is 4.36. The second kappa shape index (κ2) is 7.67. The molecular weight excluding hydrogens is 376 g/mol. The molecule has 4 aromatic rings. The van der Waals surface area contributed by atoms with Crippen LogP contribution in [-0.4, -0.2) is 21.9 Å². The van der Waals surface area contributed by atoms with Crippen LogP contribution in [0.5, 0.6) is 0 Å². The number of hydrogen-bond acceptors (Lipinski definition) is 3. The van der Waals surface area contributed by atoms with Crippen LogP contribution < -0.4 is 5.76 Å². The van der Waals surface area contributed by atoms with E-state index in [9.17, 15) is 9.59 Å². The van der Waals surface area contributed by atoms with Crippen molar-refractivity contribution in [3.8, 4) is 0 Å². The smallest absolute Gasteiger partial charge is 0.408 e. The monoisotopic (exact) mass is 398 g/mol. The number of oxazole rings is 1. The van der Waals surface area contributed by atoms with Crippen molar-refractivity contribution in [3.63, 3.8) is 0 Å². The minimum atomic E-state index is -0.421. The Bertz CT molecular complexity index is 1260. The standard InChI is InChI=1S/C25H22N2O3/c28-24(14-15-27-22-12-6-7-13-23(22)30-25(27)29)26-16-19-10-4-5-11-20(19)21(17-26)18-8-2-1-3-9-18/h1-13,21H,14-17H2/t21-/m1/s1. The SMILES string of the molecule is O=C(CCn1c(=O)oc2ccccc21)N1Cc2ccccc2[C@@H](c2ccccc2)C1. The number of fused-ring (bicyclic) bond motifs is 2. The lowest BCUT2D eigenvalue weighted by Crippen LogP contribution is -2.39. The number of para-hydroxylation sites is 2. The third-order valence-electron chi connectivity index (χ3n) is 5.87. The van der Waals surface area contributed by atoms with Gasteiger partial charge in [0.2, 0.25) is 5.91 Å². The lowest BCUT2D eigenvalue weighted by atomic mass is 9.84. The number of carbonyl (C=O) groups excluding carboxylic acids is 1. The molecule has 0 aliphatic carbocycles. The second-order valence-corrected chi connectivity index (χ2v) is 7.67. The van der Waals surface area contributed by atoms with Crippen molar-refractivity contribution in [3.05, 3.63) is 106 Å². The Morgan fingerprint density at radius 2 is 1.67 bits per heavy atom. The van der Waals surface area contributed by atoms with Gasteiger partial charge < -0.3 is 9.32 Å². The van der Waals surface area contributed by atoms with Crippen molar-refractivity contribution in [2.24, 2.45) is 0 Å². The number of nitrogens with zero attached hydrogens (tertiary/aromatic N) is 2. The number of amides is 1. The van der Waals surface area contributed by atoms with Crippen molar-refractivity contribution in [2.75, 3.05) is 6.54 Å². The predicted molar refractivity (Wildman–Crippen MR) is 115 cm³/mol. The molecule has 3 aromatic carbocycles. The fraction of sp³-hybridized carbons (Fsp3) is 0.200. The molecule has 150 valence electrons. The third kappa shape index (κ3) is 3.32. The summed E-state index contributed by atoms with van der Waals surface area (Å²) in [4.78, 5) is 27.2. The second-order valence-electron chi connectivity index (χ2n) is 7.67. The molecule has 1 aromatic heterocycles. The van der Waals surface area contributed by atoms with E-state index in [1.807, 2.05) is 47.4 Å². The van der Waals surface area contributed by atoms with Crippen molar-refractivity contribution >= 4 is 17.0 Å². The first-order valence-electron chi connectivity index (χ1n) is 10.2. The van der Waals surface area contributed by atoms with Gasteiger partial charge in [0.15, 0.2) is 5.58 Å². The Labute approximate surface area is 174 Å². The topological polar surface area (TPSA) is 55.5 Å². The van der Waals surface area contributed by atoms with Gasteiger partial charge in [-0.2, -0.15) is 0 Å². The zero-order chi connectivity index (χ0) is 20.5. The number of rotatable bonds is 4. The summed E-state index contributed by atoms with van der Waals surface area (Å²) in [7, 11) is 0. The zero-order valence-corrected chi connectivity index (χ0v) is 16.5. The van der Waals surface area contributed by atoms with Gasteiger partial charge in [-0.15, -0.1) is 0 Å². The van der Waals surface area contributed by atoms with E-state index in [-0.39, 0.29) is 18.2 Å². The maximum Gasteiger partial charge on any atom is 0.419 e. The summed E-state index contributed by atoms with van der Waals surface area (Å²) in [5.41, 5.74) is 4.94. The molecule has 1 aliphatic heterocycles. The fourth-order valence-electron chi connectivity index (χ4n) is 4.36. The van der Waals surface area contributed by atoms with E-state index < -0.39 is 5.76 Å². The summed E-state index contributed by atoms with van der Waals surface area (Å²) < 4.78 is 6.82. The molecule has 0 saturated heterocycles. The summed E-state index contributed by atoms with van der Waals surface area (Å²) >= 11 is 0. The van der Waals surface area contributed by atoms with E-state index in [2.05, 4.69) is 30.3 Å². The number of carbonyl (C=O) groups is 1. The molecule has 1 atom stereocenters. The van der Waals surface area contributed by atoms with Gasteiger partial charge in [-0.3, -0.25) is 9.36 Å². The first kappa shape index (κ1) is 18.4. The van der Waals surface area contributed by atoms with Gasteiger partial charge in [-0.1, -0.05) is 66.7 Å². The van der Waals surface area contributed by atoms with E-state index in [0.29, 0.717) is 25.2 Å². The highest BCUT2D eigenvalue weighted by atomic mass is 16.4. The lowest BCUT2D eigenvalue weighted by molar-refractivity contribution is -0.132. The van der Waals surface area contributed by atoms with Gasteiger partial charge in [0.1, 0.15) is 0 Å². The largest absolute Gasteiger partial charge is 0.419 e. The molecule has 30 heavy (non-hydrogen) atoms. The van der Waals surface area contributed by atoms with Gasteiger partial charge in [0, 0.05) is 32.0 Å². The Morgan fingerprint density at radius 3 is 2.53 bits per heavy atom. The lowest BCUT2D eigenvalue weighted by Gasteiger charge is -2.35. The first-order valence-corrected chi connectivity index (χ1v) is 10.2. The molecule has 0 fully saturated rings. The number of aromatic nitrogens is 1. The first-order chi connectivity index (χ1) is 14.7. The minimum Gasteiger partial charge on any atom is -0.408 e. The van der Waals surface area contributed by atoms with E-state index >= 15 is 0 Å². The molecule has 5 heteroatoms. The Balaban J connectivity index is 1.38. The van der Waals surface area contributed by atoms with Crippen LogP contribution >= 0.6 is 0 Å². The predicted octanol–water partition coefficient (Wildman–Crippen LogP) is 4.16. The average Bonchev–Trinajstić information content (AvgIpc) is 3.12.